The minimum atomic E-state index is -1.07. The van der Waals surface area contributed by atoms with Crippen LogP contribution in [0.2, 0.25) is 0 Å². The monoisotopic (exact) mass is 744 g/mol. The topological polar surface area (TPSA) is 117 Å². The van der Waals surface area contributed by atoms with E-state index >= 15 is 0 Å². The number of rotatable bonds is 17. The first-order chi connectivity index (χ1) is 25.6. The van der Waals surface area contributed by atoms with E-state index in [4.69, 9.17) is 25.8 Å². The van der Waals surface area contributed by atoms with E-state index in [0.717, 1.165) is 84.4 Å². The number of benzene rings is 2. The minimum absolute atomic E-state index is 0.120. The zero-order valence-corrected chi connectivity index (χ0v) is 31.8. The van der Waals surface area contributed by atoms with Gasteiger partial charge in [0.2, 0.25) is 0 Å². The summed E-state index contributed by atoms with van der Waals surface area (Å²) in [6.45, 7) is 9.83. The maximum Gasteiger partial charge on any atom is 0.336 e. The van der Waals surface area contributed by atoms with Gasteiger partial charge in [-0.2, -0.15) is 0 Å². The molecule has 2 fully saturated rings. The second-order valence-electron chi connectivity index (χ2n) is 14.6. The Balaban J connectivity index is 1.26. The number of methoxy groups -OCH3 is 1. The predicted molar refractivity (Wildman–Crippen MR) is 207 cm³/mol. The van der Waals surface area contributed by atoms with Crippen LogP contribution in [0, 0.1) is 5.92 Å². The largest absolute Gasteiger partial charge is 0.478 e. The summed E-state index contributed by atoms with van der Waals surface area (Å²) in [6, 6.07) is 11.3. The number of ether oxygens (including phenoxy) is 3. The fourth-order valence-electron chi connectivity index (χ4n) is 7.48. The SMILES string of the molecule is COC(=O)C1C[N+](=C2C=CC3=C(c4cc(C(=O)NCCOCCOCCCCCCCl)ccc4C(=O)O)c4ccc(N5CCC5)cc4C(C)(C)C3=C2)C1. The van der Waals surface area contributed by atoms with Gasteiger partial charge in [0.15, 0.2) is 24.7 Å². The molecule has 2 heterocycles. The Hall–Kier alpha value is -4.25. The van der Waals surface area contributed by atoms with Crippen molar-refractivity contribution in [2.75, 3.05) is 77.0 Å². The van der Waals surface area contributed by atoms with Crippen LogP contribution in [0.4, 0.5) is 5.69 Å². The van der Waals surface area contributed by atoms with Crippen LogP contribution in [0.25, 0.3) is 5.57 Å². The lowest BCUT2D eigenvalue weighted by Crippen LogP contribution is -2.47. The molecule has 10 nitrogen and oxygen atoms in total. The first kappa shape index (κ1) is 38.5. The summed E-state index contributed by atoms with van der Waals surface area (Å²) in [5.74, 6) is -1.04. The van der Waals surface area contributed by atoms with Gasteiger partial charge in [0, 0.05) is 60.9 Å². The molecule has 2 N–H and O–H groups in total. The van der Waals surface area contributed by atoms with E-state index in [0.29, 0.717) is 63.1 Å². The van der Waals surface area contributed by atoms with Crippen molar-refractivity contribution >= 4 is 46.4 Å². The van der Waals surface area contributed by atoms with Crippen molar-refractivity contribution in [2.45, 2.75) is 51.4 Å². The number of aromatic carboxylic acids is 1. The van der Waals surface area contributed by atoms with Gasteiger partial charge in [-0.3, -0.25) is 9.59 Å². The summed E-state index contributed by atoms with van der Waals surface area (Å²) in [4.78, 5) is 40.7. The smallest absolute Gasteiger partial charge is 0.336 e. The molecular formula is C42H51ClN3O7+. The Morgan fingerprint density at radius 3 is 2.40 bits per heavy atom. The number of nitrogens with zero attached hydrogens (tertiary/aromatic N) is 2. The van der Waals surface area contributed by atoms with E-state index in [-0.39, 0.29) is 23.4 Å². The molecular weight excluding hydrogens is 694 g/mol. The van der Waals surface area contributed by atoms with Crippen LogP contribution in [0.5, 0.6) is 0 Å². The number of carbonyl (C=O) groups excluding carboxylic acids is 2. The third-order valence-electron chi connectivity index (χ3n) is 10.8. The fourth-order valence-corrected chi connectivity index (χ4v) is 7.67. The number of hydrogen-bond acceptors (Lipinski definition) is 7. The lowest BCUT2D eigenvalue weighted by atomic mass is 9.64. The maximum atomic E-state index is 13.5. The molecule has 282 valence electrons. The van der Waals surface area contributed by atoms with Crippen LogP contribution in [0.3, 0.4) is 0 Å². The molecule has 0 aromatic heterocycles. The normalized spacial score (nSPS) is 18.5. The summed E-state index contributed by atoms with van der Waals surface area (Å²) >= 11 is 5.72. The number of esters is 1. The van der Waals surface area contributed by atoms with Crippen molar-refractivity contribution in [3.05, 3.63) is 93.6 Å². The molecule has 4 aliphatic rings. The fraction of sp³-hybridized carbons (Fsp3) is 0.476. The van der Waals surface area contributed by atoms with Gasteiger partial charge in [-0.15, -0.1) is 11.6 Å². The average molecular weight is 745 g/mol. The molecule has 1 amide bonds. The van der Waals surface area contributed by atoms with E-state index in [9.17, 15) is 19.5 Å². The van der Waals surface area contributed by atoms with Crippen molar-refractivity contribution < 1.29 is 38.3 Å². The Kier molecular flexibility index (Phi) is 12.5. The summed E-state index contributed by atoms with van der Waals surface area (Å²) in [5.41, 5.74) is 7.47. The van der Waals surface area contributed by atoms with Gasteiger partial charge in [-0.25, -0.2) is 9.37 Å². The van der Waals surface area contributed by atoms with Crippen molar-refractivity contribution in [2.24, 2.45) is 5.92 Å². The molecule has 0 bridgehead atoms. The summed E-state index contributed by atoms with van der Waals surface area (Å²) < 4.78 is 18.4. The third-order valence-corrected chi connectivity index (χ3v) is 11.0. The molecule has 0 spiro atoms. The molecule has 53 heavy (non-hydrogen) atoms. The van der Waals surface area contributed by atoms with Gasteiger partial charge in [0.1, 0.15) is 0 Å². The summed E-state index contributed by atoms with van der Waals surface area (Å²) in [5, 5.41) is 13.4. The van der Waals surface area contributed by atoms with E-state index in [1.165, 1.54) is 13.2 Å². The second kappa shape index (κ2) is 17.3. The first-order valence-electron chi connectivity index (χ1n) is 18.8. The highest BCUT2D eigenvalue weighted by atomic mass is 35.5. The molecule has 0 radical (unpaired) electrons. The maximum absolute atomic E-state index is 13.5. The third kappa shape index (κ3) is 8.45. The quantitative estimate of drug-likeness (QED) is 0.0877. The van der Waals surface area contributed by atoms with Crippen LogP contribution in [0.1, 0.15) is 83.4 Å². The molecule has 2 saturated heterocycles. The van der Waals surface area contributed by atoms with E-state index < -0.39 is 11.4 Å². The first-order valence-corrected chi connectivity index (χ1v) is 19.3. The number of halogens is 1. The minimum Gasteiger partial charge on any atom is -0.478 e. The number of unbranched alkanes of at least 4 members (excludes halogenated alkanes) is 3. The number of alkyl halides is 1. The zero-order valence-electron chi connectivity index (χ0n) is 31.0. The molecule has 2 aromatic rings. The summed E-state index contributed by atoms with van der Waals surface area (Å²) in [7, 11) is 1.42. The van der Waals surface area contributed by atoms with Crippen molar-refractivity contribution in [1.82, 2.24) is 5.32 Å². The highest BCUT2D eigenvalue weighted by Crippen LogP contribution is 2.51. The van der Waals surface area contributed by atoms with Gasteiger partial charge >= 0.3 is 11.9 Å². The van der Waals surface area contributed by atoms with E-state index in [2.05, 4.69) is 59.0 Å². The standard InChI is InChI=1S/C42H50ClN3O7/c1-42(2)36-24-30(45-17-8-18-45)10-13-33(36)38(34-14-11-31(25-37(34)42)46-26-29(27-46)41(50)51-3)35-23-28(9-12-32(35)40(48)49)39(47)44-16-20-53-22-21-52-19-7-5-4-6-15-43/h9-14,23-25,29H,4-8,15-22,26-27H2,1-3H3,(H-,44,47,48,49)/p+1. The molecule has 2 aliphatic carbocycles. The van der Waals surface area contributed by atoms with E-state index in [1.54, 1.807) is 12.1 Å². The van der Waals surface area contributed by atoms with Crippen LogP contribution in [-0.4, -0.2) is 105 Å². The van der Waals surface area contributed by atoms with Gasteiger partial charge in [-0.05, 0) is 89.1 Å². The van der Waals surface area contributed by atoms with Crippen molar-refractivity contribution in [3.63, 3.8) is 0 Å². The van der Waals surface area contributed by atoms with E-state index in [1.807, 2.05) is 6.08 Å². The Morgan fingerprint density at radius 1 is 0.943 bits per heavy atom. The molecule has 0 unspecified atom stereocenters. The van der Waals surface area contributed by atoms with Gasteiger partial charge in [-0.1, -0.05) is 32.8 Å². The van der Waals surface area contributed by atoms with Gasteiger partial charge < -0.3 is 29.5 Å². The number of allylic oxidation sites excluding steroid dienone is 5. The van der Waals surface area contributed by atoms with Crippen molar-refractivity contribution in [1.29, 1.82) is 0 Å². The molecule has 11 heteroatoms. The summed E-state index contributed by atoms with van der Waals surface area (Å²) in [6.07, 6.45) is 11.7. The van der Waals surface area contributed by atoms with Crippen molar-refractivity contribution in [3.8, 4) is 0 Å². The molecule has 0 saturated carbocycles. The predicted octanol–water partition coefficient (Wildman–Crippen LogP) is 6.00. The number of amides is 1. The van der Waals surface area contributed by atoms with Crippen LogP contribution < -0.4 is 10.2 Å². The van der Waals surface area contributed by atoms with Crippen LogP contribution >= 0.6 is 11.6 Å². The lowest BCUT2D eigenvalue weighted by Gasteiger charge is -2.41. The van der Waals surface area contributed by atoms with Crippen LogP contribution in [0.15, 0.2) is 65.8 Å². The second-order valence-corrected chi connectivity index (χ2v) is 15.0. The molecule has 2 aromatic carbocycles. The average Bonchev–Trinajstić information content (AvgIpc) is 3.11. The molecule has 0 atom stereocenters. The number of carbonyl (C=O) groups is 3. The number of fused-ring (bicyclic) bond motifs is 2. The Morgan fingerprint density at radius 2 is 1.70 bits per heavy atom. The Bertz CT molecular complexity index is 1850. The number of carboxylic acid groups (broad SMARTS) is 1. The molecule has 6 rings (SSSR count). The van der Waals surface area contributed by atoms with Gasteiger partial charge in [0.05, 0.1) is 32.5 Å². The number of hydrogen-bond donors (Lipinski definition) is 2. The highest BCUT2D eigenvalue weighted by Gasteiger charge is 2.43. The van der Waals surface area contributed by atoms with Crippen LogP contribution in [-0.2, 0) is 24.4 Å². The Labute approximate surface area is 317 Å². The highest BCUT2D eigenvalue weighted by molar-refractivity contribution is 6.17. The number of anilines is 1. The number of carboxylic acids is 1. The van der Waals surface area contributed by atoms with Gasteiger partial charge in [0.25, 0.3) is 5.91 Å². The number of nitrogens with one attached hydrogen (secondary N) is 1. The lowest BCUT2D eigenvalue weighted by molar-refractivity contribution is -0.597. The zero-order chi connectivity index (χ0) is 37.5. The molecule has 2 aliphatic heterocycles.